The van der Waals surface area contributed by atoms with Crippen LogP contribution in [0, 0.1) is 0 Å². The third-order valence-corrected chi connectivity index (χ3v) is 6.39. The minimum Gasteiger partial charge on any atom is -0.492 e. The van der Waals surface area contributed by atoms with Crippen molar-refractivity contribution in [3.63, 3.8) is 0 Å². The number of nitrogens with two attached hydrogens (primary N) is 1. The molecule has 2 N–H and O–H groups in total. The molecule has 0 atom stereocenters. The molecule has 2 aromatic rings. The van der Waals surface area contributed by atoms with Crippen LogP contribution in [0.25, 0.3) is 0 Å². The highest BCUT2D eigenvalue weighted by Gasteiger charge is 2.51. The number of rotatable bonds is 7. The first-order chi connectivity index (χ1) is 13.8. The van der Waals surface area contributed by atoms with Crippen molar-refractivity contribution >= 4 is 12.6 Å². The molecule has 1 saturated carbocycles. The lowest BCUT2D eigenvalue weighted by Gasteiger charge is -2.32. The molecule has 2 aliphatic rings. The monoisotopic (exact) mass is 393 g/mol. The Morgan fingerprint density at radius 2 is 1.76 bits per heavy atom. The van der Waals surface area contributed by atoms with Crippen LogP contribution in [0.4, 0.5) is 0 Å². The number of benzene rings is 2. The zero-order valence-corrected chi connectivity index (χ0v) is 18.0. The molecule has 5 heteroatoms. The van der Waals surface area contributed by atoms with Gasteiger partial charge in [0.05, 0.1) is 11.2 Å². The lowest BCUT2D eigenvalue weighted by atomic mass is 9.78. The summed E-state index contributed by atoms with van der Waals surface area (Å²) in [6, 6.07) is 15.2. The van der Waals surface area contributed by atoms with Crippen molar-refractivity contribution in [1.29, 1.82) is 0 Å². The van der Waals surface area contributed by atoms with E-state index in [0.717, 1.165) is 17.6 Å². The highest BCUT2D eigenvalue weighted by Crippen LogP contribution is 2.42. The molecule has 0 aromatic heterocycles. The first-order valence-corrected chi connectivity index (χ1v) is 10.7. The zero-order valence-electron chi connectivity index (χ0n) is 18.0. The molecule has 0 spiro atoms. The van der Waals surface area contributed by atoms with Crippen molar-refractivity contribution in [2.45, 2.75) is 64.1 Å². The average Bonchev–Trinajstić information content (AvgIpc) is 3.48. The van der Waals surface area contributed by atoms with Crippen molar-refractivity contribution < 1.29 is 14.0 Å². The van der Waals surface area contributed by atoms with E-state index in [2.05, 4.69) is 70.2 Å². The Kier molecular flexibility index (Phi) is 5.49. The van der Waals surface area contributed by atoms with Crippen LogP contribution < -0.4 is 15.9 Å². The molecule has 1 aliphatic heterocycles. The summed E-state index contributed by atoms with van der Waals surface area (Å²) in [5.41, 5.74) is 9.84. The molecule has 0 unspecified atom stereocenters. The van der Waals surface area contributed by atoms with Gasteiger partial charge >= 0.3 is 7.12 Å². The van der Waals surface area contributed by atoms with Gasteiger partial charge in [-0.3, -0.25) is 0 Å². The van der Waals surface area contributed by atoms with E-state index in [0.29, 0.717) is 19.1 Å². The number of hydrogen-bond acceptors (Lipinski definition) is 4. The van der Waals surface area contributed by atoms with Gasteiger partial charge in [0.2, 0.25) is 0 Å². The maximum atomic E-state index is 6.22. The first kappa shape index (κ1) is 20.5. The molecule has 29 heavy (non-hydrogen) atoms. The lowest BCUT2D eigenvalue weighted by Crippen LogP contribution is -2.41. The number of hydrogen-bond donors (Lipinski definition) is 1. The molecule has 0 amide bonds. The summed E-state index contributed by atoms with van der Waals surface area (Å²) >= 11 is 0. The van der Waals surface area contributed by atoms with Gasteiger partial charge in [-0.2, -0.15) is 0 Å². The third-order valence-electron chi connectivity index (χ3n) is 6.39. The highest BCUT2D eigenvalue weighted by molar-refractivity contribution is 6.62. The van der Waals surface area contributed by atoms with Crippen LogP contribution in [0.15, 0.2) is 42.5 Å². The zero-order chi connectivity index (χ0) is 20.6. The molecule has 4 nitrogen and oxygen atoms in total. The van der Waals surface area contributed by atoms with Crippen molar-refractivity contribution in [2.24, 2.45) is 5.73 Å². The molecule has 0 bridgehead atoms. The van der Waals surface area contributed by atoms with Gasteiger partial charge in [-0.25, -0.2) is 0 Å². The Hall–Kier alpha value is -1.82. The topological polar surface area (TPSA) is 53.7 Å². The average molecular weight is 393 g/mol. The van der Waals surface area contributed by atoms with Crippen LogP contribution >= 0.6 is 0 Å². The van der Waals surface area contributed by atoms with Gasteiger partial charge < -0.3 is 19.8 Å². The molecule has 2 aromatic carbocycles. The van der Waals surface area contributed by atoms with E-state index in [1.54, 1.807) is 0 Å². The van der Waals surface area contributed by atoms with E-state index in [1.165, 1.54) is 29.5 Å². The Morgan fingerprint density at radius 1 is 1.03 bits per heavy atom. The predicted octanol–water partition coefficient (Wildman–Crippen LogP) is 3.79. The Morgan fingerprint density at radius 3 is 2.41 bits per heavy atom. The second kappa shape index (κ2) is 7.79. The Balaban J connectivity index is 1.55. The van der Waals surface area contributed by atoms with Gasteiger partial charge in [-0.05, 0) is 74.7 Å². The fourth-order valence-electron chi connectivity index (χ4n) is 3.74. The SMILES string of the molecule is CC1(C)OB(c2cccc(Cc3ccc(C4CC4)cc3OCCN)c2)OC1(C)C. The van der Waals surface area contributed by atoms with Crippen LogP contribution in [0.2, 0.25) is 0 Å². The minimum absolute atomic E-state index is 0.338. The van der Waals surface area contributed by atoms with Gasteiger partial charge in [0, 0.05) is 13.0 Å². The summed E-state index contributed by atoms with van der Waals surface area (Å²) in [5.74, 6) is 1.66. The van der Waals surface area contributed by atoms with Crippen LogP contribution in [-0.2, 0) is 15.7 Å². The quantitative estimate of drug-likeness (QED) is 0.728. The van der Waals surface area contributed by atoms with E-state index in [-0.39, 0.29) is 18.3 Å². The van der Waals surface area contributed by atoms with Gasteiger partial charge in [-0.1, -0.05) is 36.4 Å². The Bertz CT molecular complexity index is 860. The van der Waals surface area contributed by atoms with E-state index >= 15 is 0 Å². The van der Waals surface area contributed by atoms with Gasteiger partial charge in [0.25, 0.3) is 0 Å². The molecular weight excluding hydrogens is 361 g/mol. The molecule has 1 saturated heterocycles. The normalized spacial score (nSPS) is 20.1. The van der Waals surface area contributed by atoms with E-state index in [9.17, 15) is 0 Å². The fraction of sp³-hybridized carbons (Fsp3) is 0.500. The molecule has 0 radical (unpaired) electrons. The summed E-state index contributed by atoms with van der Waals surface area (Å²) in [5, 5.41) is 0. The van der Waals surface area contributed by atoms with Crippen LogP contribution in [0.1, 0.15) is 63.1 Å². The second-order valence-corrected chi connectivity index (χ2v) is 9.29. The molecule has 4 rings (SSSR count). The predicted molar refractivity (Wildman–Crippen MR) is 118 cm³/mol. The minimum atomic E-state index is -0.342. The Labute approximate surface area is 174 Å². The largest absolute Gasteiger partial charge is 0.494 e. The molecule has 1 heterocycles. The molecular formula is C24H32BNO3. The fourth-order valence-corrected chi connectivity index (χ4v) is 3.74. The van der Waals surface area contributed by atoms with Gasteiger partial charge in [0.1, 0.15) is 12.4 Å². The third kappa shape index (κ3) is 4.37. The van der Waals surface area contributed by atoms with E-state index in [1.807, 2.05) is 0 Å². The number of ether oxygens (including phenoxy) is 1. The van der Waals surface area contributed by atoms with Crippen LogP contribution in [0.3, 0.4) is 0 Å². The van der Waals surface area contributed by atoms with E-state index < -0.39 is 0 Å². The smallest absolute Gasteiger partial charge is 0.492 e. The highest BCUT2D eigenvalue weighted by atomic mass is 16.7. The first-order valence-electron chi connectivity index (χ1n) is 10.7. The maximum Gasteiger partial charge on any atom is 0.494 e. The van der Waals surface area contributed by atoms with Crippen molar-refractivity contribution in [2.75, 3.05) is 13.2 Å². The summed E-state index contributed by atoms with van der Waals surface area (Å²) in [4.78, 5) is 0. The molecule has 1 aliphatic carbocycles. The summed E-state index contributed by atoms with van der Waals surface area (Å²) < 4.78 is 18.4. The molecule has 2 fully saturated rings. The standard InChI is InChI=1S/C24H32BNO3/c1-23(2)24(3,4)29-25(28-23)21-7-5-6-17(15-21)14-20-11-10-19(18-8-9-18)16-22(20)27-13-12-26/h5-7,10-11,15-16,18H,8-9,12-14,26H2,1-4H3. The van der Waals surface area contributed by atoms with Crippen molar-refractivity contribution in [3.8, 4) is 5.75 Å². The van der Waals surface area contributed by atoms with Crippen LogP contribution in [-0.4, -0.2) is 31.5 Å². The van der Waals surface area contributed by atoms with Gasteiger partial charge in [0.15, 0.2) is 0 Å². The molecule has 154 valence electrons. The van der Waals surface area contributed by atoms with Crippen molar-refractivity contribution in [1.82, 2.24) is 0 Å². The lowest BCUT2D eigenvalue weighted by molar-refractivity contribution is 0.00578. The summed E-state index contributed by atoms with van der Waals surface area (Å²) in [7, 11) is -0.342. The summed E-state index contributed by atoms with van der Waals surface area (Å²) in [6.07, 6.45) is 3.37. The van der Waals surface area contributed by atoms with Crippen LogP contribution in [0.5, 0.6) is 5.75 Å². The van der Waals surface area contributed by atoms with Crippen molar-refractivity contribution in [3.05, 3.63) is 59.2 Å². The second-order valence-electron chi connectivity index (χ2n) is 9.29. The van der Waals surface area contributed by atoms with E-state index in [4.69, 9.17) is 19.8 Å². The summed E-state index contributed by atoms with van der Waals surface area (Å²) in [6.45, 7) is 9.39. The van der Waals surface area contributed by atoms with Gasteiger partial charge in [-0.15, -0.1) is 0 Å². The maximum absolute atomic E-state index is 6.22.